The van der Waals surface area contributed by atoms with E-state index in [1.807, 2.05) is 12.1 Å². The molecule has 0 bridgehead atoms. The zero-order valence-electron chi connectivity index (χ0n) is 10.7. The second-order valence-electron chi connectivity index (χ2n) is 4.67. The molecule has 6 heteroatoms. The normalized spacial score (nSPS) is 10.9. The van der Waals surface area contributed by atoms with Crippen LogP contribution < -0.4 is 5.43 Å². The van der Waals surface area contributed by atoms with E-state index >= 15 is 0 Å². The zero-order valence-corrected chi connectivity index (χ0v) is 11.5. The van der Waals surface area contributed by atoms with Gasteiger partial charge in [0.1, 0.15) is 17.6 Å². The van der Waals surface area contributed by atoms with Gasteiger partial charge in [0.25, 0.3) is 0 Å². The molecular weight excluding hydrogens is 292 g/mol. The highest BCUT2D eigenvalue weighted by atomic mass is 35.5. The molecule has 106 valence electrons. The van der Waals surface area contributed by atoms with Crippen molar-refractivity contribution in [2.45, 2.75) is 0 Å². The summed E-state index contributed by atoms with van der Waals surface area (Å²) in [5, 5.41) is 16.3. The largest absolute Gasteiger partial charge is 0.508 e. The van der Waals surface area contributed by atoms with Gasteiger partial charge in [-0.05, 0) is 17.7 Å². The Balaban J connectivity index is 0.00000132. The molecule has 4 rings (SSSR count). The minimum atomic E-state index is -0.101. The van der Waals surface area contributed by atoms with Crippen LogP contribution in [0.25, 0.3) is 33.1 Å². The molecule has 0 amide bonds. The quantitative estimate of drug-likeness (QED) is 0.504. The average molecular weight is 303 g/mol. The molecule has 0 atom stereocenters. The third kappa shape index (κ3) is 1.98. The number of halogens is 1. The molecule has 2 aromatic heterocycles. The summed E-state index contributed by atoms with van der Waals surface area (Å²) in [6.45, 7) is 0. The lowest BCUT2D eigenvalue weighted by atomic mass is 10.0. The van der Waals surface area contributed by atoms with Gasteiger partial charge in [-0.3, -0.25) is 15.0 Å². The maximum atomic E-state index is 11.5. The maximum Gasteiger partial charge on any atom is 0.184 e. The van der Waals surface area contributed by atoms with Crippen LogP contribution in [0.1, 0.15) is 0 Å². The number of hydrogen-bond acceptors (Lipinski definition) is 3. The van der Waals surface area contributed by atoms with Crippen LogP contribution >= 0.6 is 12.4 Å². The Morgan fingerprint density at radius 2 is 1.81 bits per heavy atom. The van der Waals surface area contributed by atoms with E-state index in [2.05, 4.69) is 10.2 Å². The van der Waals surface area contributed by atoms with E-state index in [9.17, 15) is 9.90 Å². The van der Waals surface area contributed by atoms with Crippen molar-refractivity contribution in [2.75, 3.05) is 0 Å². The molecule has 0 fully saturated rings. The molecule has 3 N–H and O–H groups in total. The third-order valence-corrected chi connectivity index (χ3v) is 3.40. The van der Waals surface area contributed by atoms with Crippen LogP contribution in [0.4, 0.5) is 0 Å². The van der Waals surface area contributed by atoms with Gasteiger partial charge in [-0.15, -0.1) is 12.4 Å². The fourth-order valence-electron chi connectivity index (χ4n) is 2.47. The Morgan fingerprint density at radius 1 is 1.05 bits per heavy atom. The van der Waals surface area contributed by atoms with Crippen molar-refractivity contribution >= 4 is 34.4 Å². The lowest BCUT2D eigenvalue weighted by molar-refractivity contribution is 0.475. The SMILES string of the molecule is Cl.O=c1cc2[nH][nH]c3c(-c4ccc(O)cc4)coc(c1)c23. The third-order valence-electron chi connectivity index (χ3n) is 3.40. The fourth-order valence-corrected chi connectivity index (χ4v) is 2.47. The van der Waals surface area contributed by atoms with Gasteiger partial charge in [-0.25, -0.2) is 0 Å². The Morgan fingerprint density at radius 3 is 2.57 bits per heavy atom. The van der Waals surface area contributed by atoms with E-state index < -0.39 is 0 Å². The minimum absolute atomic E-state index is 0. The molecule has 0 saturated carbocycles. The van der Waals surface area contributed by atoms with Gasteiger partial charge in [0.05, 0.1) is 16.4 Å². The molecule has 0 radical (unpaired) electrons. The number of benzene rings is 2. The van der Waals surface area contributed by atoms with Gasteiger partial charge >= 0.3 is 0 Å². The van der Waals surface area contributed by atoms with Crippen LogP contribution in [0.3, 0.4) is 0 Å². The smallest absolute Gasteiger partial charge is 0.184 e. The predicted molar refractivity (Wildman–Crippen MR) is 83.0 cm³/mol. The highest BCUT2D eigenvalue weighted by Crippen LogP contribution is 2.32. The Hall–Kier alpha value is -2.66. The van der Waals surface area contributed by atoms with Gasteiger partial charge in [0, 0.05) is 17.7 Å². The summed E-state index contributed by atoms with van der Waals surface area (Å²) in [6.07, 6.45) is 1.60. The summed E-state index contributed by atoms with van der Waals surface area (Å²) in [4.78, 5) is 11.5. The predicted octanol–water partition coefficient (Wildman–Crippen LogP) is 3.40. The molecule has 0 aliphatic rings. The molecule has 0 unspecified atom stereocenters. The van der Waals surface area contributed by atoms with E-state index in [0.717, 1.165) is 22.0 Å². The van der Waals surface area contributed by atoms with Crippen molar-refractivity contribution in [3.8, 4) is 16.9 Å². The first-order chi connectivity index (χ1) is 9.72. The first kappa shape index (κ1) is 13.3. The van der Waals surface area contributed by atoms with E-state index in [4.69, 9.17) is 4.42 Å². The molecule has 0 aliphatic heterocycles. The van der Waals surface area contributed by atoms with Crippen LogP contribution in [0.15, 0.2) is 51.9 Å². The maximum absolute atomic E-state index is 11.5. The van der Waals surface area contributed by atoms with Gasteiger partial charge in [-0.2, -0.15) is 0 Å². The fraction of sp³-hybridized carbons (Fsp3) is 0. The number of aromatic amines is 2. The van der Waals surface area contributed by atoms with Gasteiger partial charge in [0.15, 0.2) is 5.43 Å². The number of aromatic hydroxyl groups is 1. The summed E-state index contributed by atoms with van der Waals surface area (Å²) in [6, 6.07) is 9.86. The van der Waals surface area contributed by atoms with Crippen molar-refractivity contribution < 1.29 is 9.52 Å². The minimum Gasteiger partial charge on any atom is -0.508 e. The molecule has 0 spiro atoms. The summed E-state index contributed by atoms with van der Waals surface area (Å²) < 4.78 is 5.57. The number of hydrogen-bond donors (Lipinski definition) is 3. The highest BCUT2D eigenvalue weighted by molar-refractivity contribution is 6.09. The number of phenolic OH excluding ortho intramolecular Hbond substituents is 1. The lowest BCUT2D eigenvalue weighted by Gasteiger charge is -2.04. The van der Waals surface area contributed by atoms with Crippen molar-refractivity contribution in [1.29, 1.82) is 0 Å². The second-order valence-corrected chi connectivity index (χ2v) is 4.67. The number of phenols is 1. The van der Waals surface area contributed by atoms with Crippen molar-refractivity contribution in [3.05, 3.63) is 52.9 Å². The van der Waals surface area contributed by atoms with Crippen molar-refractivity contribution in [3.63, 3.8) is 0 Å². The van der Waals surface area contributed by atoms with Gasteiger partial charge in [0.2, 0.25) is 0 Å². The monoisotopic (exact) mass is 302 g/mol. The summed E-state index contributed by atoms with van der Waals surface area (Å²) in [5.41, 5.74) is 3.80. The zero-order chi connectivity index (χ0) is 13.7. The number of nitrogens with one attached hydrogen (secondary N) is 2. The summed E-state index contributed by atoms with van der Waals surface area (Å²) in [5.74, 6) is 0.214. The van der Waals surface area contributed by atoms with Crippen LogP contribution in [-0.4, -0.2) is 15.3 Å². The van der Waals surface area contributed by atoms with Crippen LogP contribution in [-0.2, 0) is 0 Å². The second kappa shape index (κ2) is 4.71. The van der Waals surface area contributed by atoms with E-state index in [1.54, 1.807) is 18.4 Å². The number of H-pyrrole nitrogens is 2. The molecule has 0 saturated heterocycles. The average Bonchev–Trinajstić information content (AvgIpc) is 2.85. The van der Waals surface area contributed by atoms with Crippen LogP contribution in [0, 0.1) is 0 Å². The van der Waals surface area contributed by atoms with Gasteiger partial charge < -0.3 is 9.52 Å². The Kier molecular flexibility index (Phi) is 2.99. The highest BCUT2D eigenvalue weighted by Gasteiger charge is 2.13. The first-order valence-corrected chi connectivity index (χ1v) is 6.13. The Bertz CT molecular complexity index is 980. The van der Waals surface area contributed by atoms with Crippen LogP contribution in [0.2, 0.25) is 0 Å². The van der Waals surface area contributed by atoms with E-state index in [1.165, 1.54) is 12.1 Å². The van der Waals surface area contributed by atoms with E-state index in [0.29, 0.717) is 11.1 Å². The first-order valence-electron chi connectivity index (χ1n) is 6.13. The van der Waals surface area contributed by atoms with E-state index in [-0.39, 0.29) is 23.6 Å². The molecule has 2 heterocycles. The van der Waals surface area contributed by atoms with Crippen LogP contribution in [0.5, 0.6) is 5.75 Å². The standard InChI is InChI=1S/C15H10N2O3.ClH/c18-9-3-1-8(2-4-9)11-7-20-13-6-10(19)5-12-14(13)15(11)17-16-12;/h1-7,16-18H;1H. The molecule has 0 aliphatic carbocycles. The number of aromatic nitrogens is 2. The van der Waals surface area contributed by atoms with Crippen molar-refractivity contribution in [2.24, 2.45) is 0 Å². The molecule has 5 nitrogen and oxygen atoms in total. The molecule has 21 heavy (non-hydrogen) atoms. The lowest BCUT2D eigenvalue weighted by Crippen LogP contribution is -1.95. The topological polar surface area (TPSA) is 82.0 Å². The molecular formula is C15H11ClN2O3. The summed E-state index contributed by atoms with van der Waals surface area (Å²) in [7, 11) is 0. The summed E-state index contributed by atoms with van der Waals surface area (Å²) >= 11 is 0. The number of rotatable bonds is 1. The Labute approximate surface area is 124 Å². The molecule has 2 aromatic carbocycles. The molecule has 4 aromatic rings. The van der Waals surface area contributed by atoms with Gasteiger partial charge in [-0.1, -0.05) is 12.1 Å². The van der Waals surface area contributed by atoms with Crippen molar-refractivity contribution in [1.82, 2.24) is 10.2 Å².